The van der Waals surface area contributed by atoms with Gasteiger partial charge >= 0.3 is 0 Å². The van der Waals surface area contributed by atoms with Crippen LogP contribution in [0.1, 0.15) is 4.88 Å². The molecule has 0 saturated carbocycles. The molecule has 104 valence electrons. The quantitative estimate of drug-likeness (QED) is 0.569. The van der Waals surface area contributed by atoms with E-state index in [0.717, 1.165) is 20.6 Å². The molecule has 4 rings (SSSR count). The monoisotopic (exact) mass is 331 g/mol. The van der Waals surface area contributed by atoms with E-state index < -0.39 is 0 Å². The van der Waals surface area contributed by atoms with Crippen molar-refractivity contribution in [3.05, 3.63) is 55.8 Å². The Bertz CT molecular complexity index is 1060. The van der Waals surface area contributed by atoms with E-state index in [4.69, 9.17) is 12.2 Å². The molecule has 0 aliphatic carbocycles. The number of hydrogen-bond acceptors (Lipinski definition) is 5. The molecule has 21 heavy (non-hydrogen) atoms. The molecule has 0 aliphatic rings. The highest BCUT2D eigenvalue weighted by atomic mass is 32.1. The Morgan fingerprint density at radius 1 is 1.33 bits per heavy atom. The number of nitrogens with zero attached hydrogens (tertiary/aromatic N) is 2. The molecule has 0 unspecified atom stereocenters. The van der Waals surface area contributed by atoms with Gasteiger partial charge in [0.1, 0.15) is 9.53 Å². The minimum Gasteiger partial charge on any atom is -0.330 e. The van der Waals surface area contributed by atoms with Crippen LogP contribution >= 0.6 is 34.9 Å². The van der Waals surface area contributed by atoms with E-state index in [1.807, 2.05) is 29.6 Å². The molecule has 0 bridgehead atoms. The molecule has 4 aromatic heterocycles. The van der Waals surface area contributed by atoms with Gasteiger partial charge in [0, 0.05) is 16.5 Å². The van der Waals surface area contributed by atoms with Crippen molar-refractivity contribution in [2.24, 2.45) is 0 Å². The van der Waals surface area contributed by atoms with E-state index in [1.165, 1.54) is 11.3 Å². The van der Waals surface area contributed by atoms with Gasteiger partial charge < -0.3 is 4.98 Å². The molecule has 7 heteroatoms. The van der Waals surface area contributed by atoms with E-state index in [2.05, 4.69) is 9.97 Å². The van der Waals surface area contributed by atoms with Gasteiger partial charge in [0.2, 0.25) is 0 Å². The first-order chi connectivity index (χ1) is 10.2. The molecule has 0 aliphatic heterocycles. The lowest BCUT2D eigenvalue weighted by molar-refractivity contribution is 0.745. The smallest absolute Gasteiger partial charge is 0.272 e. The third-order valence-corrected chi connectivity index (χ3v) is 5.56. The average molecular weight is 331 g/mol. The summed E-state index contributed by atoms with van der Waals surface area (Å²) in [5.74, 6) is 0. The Morgan fingerprint density at radius 2 is 2.24 bits per heavy atom. The van der Waals surface area contributed by atoms with Crippen molar-refractivity contribution in [2.45, 2.75) is 6.54 Å². The highest BCUT2D eigenvalue weighted by Gasteiger charge is 2.12. The minimum atomic E-state index is -0.0508. The molecule has 0 amide bonds. The zero-order chi connectivity index (χ0) is 14.4. The van der Waals surface area contributed by atoms with Crippen LogP contribution in [-0.2, 0) is 6.54 Å². The van der Waals surface area contributed by atoms with E-state index in [9.17, 15) is 4.79 Å². The molecule has 4 heterocycles. The maximum atomic E-state index is 12.7. The summed E-state index contributed by atoms with van der Waals surface area (Å²) < 4.78 is 2.73. The molecule has 4 aromatic rings. The maximum Gasteiger partial charge on any atom is 0.272 e. The van der Waals surface area contributed by atoms with Gasteiger partial charge in [-0.05, 0) is 35.8 Å². The summed E-state index contributed by atoms with van der Waals surface area (Å²) in [5, 5.41) is 2.94. The average Bonchev–Trinajstić information content (AvgIpc) is 3.11. The second kappa shape index (κ2) is 4.87. The molecule has 0 aromatic carbocycles. The van der Waals surface area contributed by atoms with Crippen LogP contribution in [0.25, 0.3) is 20.4 Å². The summed E-state index contributed by atoms with van der Waals surface area (Å²) in [6.07, 6.45) is 1.73. The highest BCUT2D eigenvalue weighted by molar-refractivity contribution is 7.71. The van der Waals surface area contributed by atoms with Gasteiger partial charge in [-0.3, -0.25) is 9.36 Å². The Balaban J connectivity index is 2.03. The van der Waals surface area contributed by atoms with Crippen LogP contribution in [0, 0.1) is 4.77 Å². The zero-order valence-electron chi connectivity index (χ0n) is 10.7. The number of pyridine rings is 1. The highest BCUT2D eigenvalue weighted by Crippen LogP contribution is 2.28. The van der Waals surface area contributed by atoms with Crippen LogP contribution < -0.4 is 5.56 Å². The molecule has 0 fully saturated rings. The lowest BCUT2D eigenvalue weighted by Gasteiger charge is -2.04. The van der Waals surface area contributed by atoms with Crippen molar-refractivity contribution >= 4 is 55.3 Å². The van der Waals surface area contributed by atoms with Crippen molar-refractivity contribution in [1.29, 1.82) is 0 Å². The Morgan fingerprint density at radius 3 is 3.05 bits per heavy atom. The van der Waals surface area contributed by atoms with Crippen molar-refractivity contribution in [3.8, 4) is 0 Å². The third-order valence-electron chi connectivity index (χ3n) is 3.28. The standard InChI is InChI=1S/C14H9N3OS3/c18-13-11-10(9-4-1-5-15-12(9)21-11)16-14(19)17(13)7-8-3-2-6-20-8/h1-6H,7H2,(H,16,19). The summed E-state index contributed by atoms with van der Waals surface area (Å²) in [4.78, 5) is 22.2. The van der Waals surface area contributed by atoms with Crippen LogP contribution in [0.3, 0.4) is 0 Å². The Labute approximate surface area is 132 Å². The first kappa shape index (κ1) is 12.9. The maximum absolute atomic E-state index is 12.7. The van der Waals surface area contributed by atoms with Crippen LogP contribution in [0.2, 0.25) is 0 Å². The van der Waals surface area contributed by atoms with Gasteiger partial charge in [-0.1, -0.05) is 6.07 Å². The summed E-state index contributed by atoms with van der Waals surface area (Å²) >= 11 is 8.39. The molecule has 0 radical (unpaired) electrons. The van der Waals surface area contributed by atoms with E-state index in [0.29, 0.717) is 16.0 Å². The third kappa shape index (κ3) is 2.05. The van der Waals surface area contributed by atoms with Crippen LogP contribution in [0.15, 0.2) is 40.6 Å². The van der Waals surface area contributed by atoms with Crippen LogP contribution in [0.4, 0.5) is 0 Å². The topological polar surface area (TPSA) is 50.7 Å². The van der Waals surface area contributed by atoms with Gasteiger partial charge in [0.15, 0.2) is 4.77 Å². The predicted molar refractivity (Wildman–Crippen MR) is 90.0 cm³/mol. The lowest BCUT2D eigenvalue weighted by Crippen LogP contribution is -2.21. The van der Waals surface area contributed by atoms with E-state index in [1.54, 1.807) is 22.1 Å². The van der Waals surface area contributed by atoms with Crippen molar-refractivity contribution in [1.82, 2.24) is 14.5 Å². The molecular formula is C14H9N3OS3. The van der Waals surface area contributed by atoms with Gasteiger partial charge in [-0.2, -0.15) is 0 Å². The first-order valence-electron chi connectivity index (χ1n) is 6.27. The van der Waals surface area contributed by atoms with Gasteiger partial charge in [-0.15, -0.1) is 22.7 Å². The number of nitrogens with one attached hydrogen (secondary N) is 1. The van der Waals surface area contributed by atoms with Crippen molar-refractivity contribution in [3.63, 3.8) is 0 Å². The minimum absolute atomic E-state index is 0.0508. The number of aromatic nitrogens is 3. The molecule has 1 N–H and O–H groups in total. The number of hydrogen-bond donors (Lipinski definition) is 1. The number of H-pyrrole nitrogens is 1. The molecule has 0 spiro atoms. The molecule has 0 saturated heterocycles. The number of fused-ring (bicyclic) bond motifs is 3. The molecule has 4 nitrogen and oxygen atoms in total. The second-order valence-corrected chi connectivity index (χ2v) is 6.98. The van der Waals surface area contributed by atoms with Crippen LogP contribution in [0.5, 0.6) is 0 Å². The SMILES string of the molecule is O=c1c2sc3ncccc3c2[nH]c(=S)n1Cc1cccs1. The molecular weight excluding hydrogens is 322 g/mol. The Hall–Kier alpha value is -1.83. The predicted octanol–water partition coefficient (Wildman–Crippen LogP) is 3.78. The largest absolute Gasteiger partial charge is 0.330 e. The van der Waals surface area contributed by atoms with Crippen molar-refractivity contribution in [2.75, 3.05) is 0 Å². The van der Waals surface area contributed by atoms with E-state index >= 15 is 0 Å². The second-order valence-electron chi connectivity index (χ2n) is 4.56. The number of aromatic amines is 1. The zero-order valence-corrected chi connectivity index (χ0v) is 13.1. The number of thiophene rings is 2. The number of rotatable bonds is 2. The summed E-state index contributed by atoms with van der Waals surface area (Å²) in [6.45, 7) is 0.503. The molecule has 0 atom stereocenters. The summed E-state index contributed by atoms with van der Waals surface area (Å²) in [7, 11) is 0. The fourth-order valence-corrected chi connectivity index (χ4v) is 4.29. The fraction of sp³-hybridized carbons (Fsp3) is 0.0714. The van der Waals surface area contributed by atoms with Crippen molar-refractivity contribution < 1.29 is 0 Å². The summed E-state index contributed by atoms with van der Waals surface area (Å²) in [6, 6.07) is 7.79. The van der Waals surface area contributed by atoms with E-state index in [-0.39, 0.29) is 5.56 Å². The van der Waals surface area contributed by atoms with Gasteiger partial charge in [0.25, 0.3) is 5.56 Å². The van der Waals surface area contributed by atoms with Crippen LogP contribution in [-0.4, -0.2) is 14.5 Å². The normalized spacial score (nSPS) is 11.4. The van der Waals surface area contributed by atoms with Gasteiger partial charge in [0.05, 0.1) is 12.1 Å². The first-order valence-corrected chi connectivity index (χ1v) is 8.37. The lowest BCUT2D eigenvalue weighted by atomic mass is 10.3. The van der Waals surface area contributed by atoms with Gasteiger partial charge in [-0.25, -0.2) is 4.98 Å². The summed E-state index contributed by atoms with van der Waals surface area (Å²) in [5.41, 5.74) is 0.741. The Kier molecular flexibility index (Phi) is 2.99. The fourth-order valence-electron chi connectivity index (χ4n) is 2.30.